The molecule has 28 heavy (non-hydrogen) atoms. The van der Waals surface area contributed by atoms with Gasteiger partial charge in [-0.15, -0.1) is 5.10 Å². The summed E-state index contributed by atoms with van der Waals surface area (Å²) in [5.41, 5.74) is 0.663. The molecule has 0 aliphatic carbocycles. The molecule has 144 valence electrons. The molecule has 0 fully saturated rings. The lowest BCUT2D eigenvalue weighted by molar-refractivity contribution is -0.131. The van der Waals surface area contributed by atoms with E-state index in [-0.39, 0.29) is 30.1 Å². The van der Waals surface area contributed by atoms with Crippen LogP contribution in [0.4, 0.5) is 0 Å². The molecule has 0 saturated heterocycles. The fraction of sp³-hybridized carbons (Fsp3) is 0.211. The van der Waals surface area contributed by atoms with Gasteiger partial charge in [0.2, 0.25) is 0 Å². The summed E-state index contributed by atoms with van der Waals surface area (Å²) in [6, 6.07) is 10.0. The van der Waals surface area contributed by atoms with E-state index in [1.807, 2.05) is 6.07 Å². The van der Waals surface area contributed by atoms with Gasteiger partial charge >= 0.3 is 11.7 Å². The summed E-state index contributed by atoms with van der Waals surface area (Å²) in [5.74, 6) is -0.248. The molecule has 0 aliphatic rings. The van der Waals surface area contributed by atoms with E-state index in [0.717, 1.165) is 5.56 Å². The summed E-state index contributed by atoms with van der Waals surface area (Å²) in [6.07, 6.45) is 3.27. The van der Waals surface area contributed by atoms with Crippen molar-refractivity contribution in [1.29, 1.82) is 0 Å². The van der Waals surface area contributed by atoms with Crippen LogP contribution >= 0.6 is 0 Å². The van der Waals surface area contributed by atoms with Gasteiger partial charge in [0.25, 0.3) is 5.91 Å². The first-order chi connectivity index (χ1) is 13.5. The van der Waals surface area contributed by atoms with E-state index in [2.05, 4.69) is 15.4 Å². The van der Waals surface area contributed by atoms with Crippen molar-refractivity contribution >= 4 is 11.9 Å². The maximum absolute atomic E-state index is 12.4. The van der Waals surface area contributed by atoms with Crippen LogP contribution in [0.2, 0.25) is 0 Å². The van der Waals surface area contributed by atoms with Crippen molar-refractivity contribution in [2.75, 3.05) is 6.54 Å². The van der Waals surface area contributed by atoms with Gasteiger partial charge in [-0.3, -0.25) is 19.1 Å². The minimum absolute atomic E-state index is 0.177. The number of aromatic nitrogens is 4. The van der Waals surface area contributed by atoms with E-state index >= 15 is 0 Å². The van der Waals surface area contributed by atoms with Crippen molar-refractivity contribution in [1.82, 2.24) is 24.6 Å². The van der Waals surface area contributed by atoms with Crippen molar-refractivity contribution < 1.29 is 14.3 Å². The van der Waals surface area contributed by atoms with E-state index in [9.17, 15) is 14.4 Å². The minimum atomic E-state index is -0.511. The van der Waals surface area contributed by atoms with E-state index in [1.165, 1.54) is 16.2 Å². The average molecular weight is 381 g/mol. The normalized spacial score (nSPS) is 10.5. The molecule has 9 nitrogen and oxygen atoms in total. The third kappa shape index (κ3) is 4.14. The largest absolute Gasteiger partial charge is 0.426 e. The van der Waals surface area contributed by atoms with Crippen LogP contribution in [0.25, 0.3) is 11.4 Å². The zero-order valence-corrected chi connectivity index (χ0v) is 15.5. The van der Waals surface area contributed by atoms with E-state index in [4.69, 9.17) is 4.74 Å². The number of benzene rings is 1. The van der Waals surface area contributed by atoms with Crippen molar-refractivity contribution in [2.45, 2.75) is 13.5 Å². The van der Waals surface area contributed by atoms with Gasteiger partial charge in [-0.1, -0.05) is 12.1 Å². The Morgan fingerprint density at radius 2 is 1.96 bits per heavy atom. The number of hydrogen-bond donors (Lipinski definition) is 1. The van der Waals surface area contributed by atoms with Crippen LogP contribution < -0.4 is 15.7 Å². The van der Waals surface area contributed by atoms with Gasteiger partial charge in [-0.05, 0) is 24.3 Å². The molecule has 0 bridgehead atoms. The predicted octanol–water partition coefficient (Wildman–Crippen LogP) is 0.999. The van der Waals surface area contributed by atoms with Crippen LogP contribution in [-0.4, -0.2) is 37.8 Å². The minimum Gasteiger partial charge on any atom is -0.426 e. The highest BCUT2D eigenvalue weighted by molar-refractivity contribution is 5.97. The highest BCUT2D eigenvalue weighted by atomic mass is 16.5. The summed E-state index contributed by atoms with van der Waals surface area (Å²) in [4.78, 5) is 39.9. The highest BCUT2D eigenvalue weighted by Crippen LogP contribution is 2.18. The second kappa shape index (κ2) is 8.30. The Morgan fingerprint density at radius 3 is 2.68 bits per heavy atom. The number of nitrogens with one attached hydrogen (secondary N) is 1. The molecule has 0 radical (unpaired) electrons. The van der Waals surface area contributed by atoms with Gasteiger partial charge in [-0.25, -0.2) is 9.48 Å². The molecule has 0 saturated carbocycles. The Kier molecular flexibility index (Phi) is 5.64. The summed E-state index contributed by atoms with van der Waals surface area (Å²) in [6.45, 7) is 1.63. The topological polar surface area (TPSA) is 108 Å². The first-order valence-electron chi connectivity index (χ1n) is 8.57. The van der Waals surface area contributed by atoms with Crippen molar-refractivity contribution in [2.24, 2.45) is 7.05 Å². The Labute approximate surface area is 160 Å². The SMILES string of the molecule is CC(=O)Oc1ccccc1C(=O)NCCn1nc(-c2cccnc2)n(C)c1=O. The number of carbonyl (C=O) groups is 2. The molecular formula is C19H19N5O4. The van der Waals surface area contributed by atoms with Crippen LogP contribution in [0.3, 0.4) is 0 Å². The highest BCUT2D eigenvalue weighted by Gasteiger charge is 2.15. The molecule has 2 heterocycles. The Balaban J connectivity index is 1.69. The Morgan fingerprint density at radius 1 is 1.18 bits per heavy atom. The monoisotopic (exact) mass is 381 g/mol. The smallest absolute Gasteiger partial charge is 0.345 e. The van der Waals surface area contributed by atoms with Gasteiger partial charge in [0.15, 0.2) is 5.82 Å². The van der Waals surface area contributed by atoms with Gasteiger partial charge in [0.05, 0.1) is 12.1 Å². The van der Waals surface area contributed by atoms with Crippen molar-refractivity contribution in [3.8, 4) is 17.1 Å². The molecule has 9 heteroatoms. The maximum atomic E-state index is 12.4. The Bertz CT molecular complexity index is 1060. The van der Waals surface area contributed by atoms with Crippen LogP contribution in [0.5, 0.6) is 5.75 Å². The van der Waals surface area contributed by atoms with Crippen LogP contribution in [0.15, 0.2) is 53.6 Å². The molecule has 3 aromatic rings. The lowest BCUT2D eigenvalue weighted by Gasteiger charge is -2.09. The zero-order valence-electron chi connectivity index (χ0n) is 15.5. The number of para-hydroxylation sites is 1. The lowest BCUT2D eigenvalue weighted by Crippen LogP contribution is -2.32. The maximum Gasteiger partial charge on any atom is 0.345 e. The standard InChI is InChI=1S/C19H19N5O4/c1-13(25)28-16-8-4-3-7-15(16)18(26)21-10-11-24-19(27)23(2)17(22-24)14-6-5-9-20-12-14/h3-9,12H,10-11H2,1-2H3,(H,21,26). The lowest BCUT2D eigenvalue weighted by atomic mass is 10.2. The first-order valence-corrected chi connectivity index (χ1v) is 8.57. The molecule has 0 unspecified atom stereocenters. The molecule has 0 atom stereocenters. The second-order valence-electron chi connectivity index (χ2n) is 5.98. The van der Waals surface area contributed by atoms with Crippen molar-refractivity contribution in [3.63, 3.8) is 0 Å². The third-order valence-corrected chi connectivity index (χ3v) is 3.96. The van der Waals surface area contributed by atoms with E-state index in [0.29, 0.717) is 5.82 Å². The number of esters is 1. The van der Waals surface area contributed by atoms with Gasteiger partial charge < -0.3 is 10.1 Å². The number of carbonyl (C=O) groups excluding carboxylic acids is 2. The fourth-order valence-electron chi connectivity index (χ4n) is 2.65. The average Bonchev–Trinajstić information content (AvgIpc) is 2.97. The number of amides is 1. The Hall–Kier alpha value is -3.75. The second-order valence-corrected chi connectivity index (χ2v) is 5.98. The molecule has 1 amide bonds. The summed E-state index contributed by atoms with van der Waals surface area (Å²) >= 11 is 0. The molecule has 1 aromatic carbocycles. The molecule has 0 spiro atoms. The van der Waals surface area contributed by atoms with Crippen LogP contribution in [0, 0.1) is 0 Å². The van der Waals surface area contributed by atoms with Crippen molar-refractivity contribution in [3.05, 3.63) is 64.8 Å². The van der Waals surface area contributed by atoms with Crippen LogP contribution in [0.1, 0.15) is 17.3 Å². The number of hydrogen-bond acceptors (Lipinski definition) is 6. The van der Waals surface area contributed by atoms with Gasteiger partial charge in [-0.2, -0.15) is 0 Å². The number of pyridine rings is 1. The third-order valence-electron chi connectivity index (χ3n) is 3.96. The van der Waals surface area contributed by atoms with E-state index in [1.54, 1.807) is 49.8 Å². The molecule has 2 aromatic heterocycles. The molecule has 0 aliphatic heterocycles. The molecule has 1 N–H and O–H groups in total. The summed E-state index contributed by atoms with van der Waals surface area (Å²) in [5, 5.41) is 7.02. The molecular weight excluding hydrogens is 362 g/mol. The van der Waals surface area contributed by atoms with Gasteiger partial charge in [0.1, 0.15) is 5.75 Å². The first kappa shape index (κ1) is 19.0. The quantitative estimate of drug-likeness (QED) is 0.504. The zero-order chi connectivity index (χ0) is 20.1. The number of ether oxygens (including phenoxy) is 1. The number of nitrogens with zero attached hydrogens (tertiary/aromatic N) is 4. The van der Waals surface area contributed by atoms with E-state index < -0.39 is 11.9 Å². The summed E-state index contributed by atoms with van der Waals surface area (Å²) in [7, 11) is 1.63. The summed E-state index contributed by atoms with van der Waals surface area (Å²) < 4.78 is 7.75. The van der Waals surface area contributed by atoms with Crippen LogP contribution in [-0.2, 0) is 18.4 Å². The molecule has 3 rings (SSSR count). The fourth-order valence-corrected chi connectivity index (χ4v) is 2.65. The number of rotatable bonds is 6. The predicted molar refractivity (Wildman–Crippen MR) is 101 cm³/mol. The van der Waals surface area contributed by atoms with Gasteiger partial charge in [0, 0.05) is 38.5 Å².